The Bertz CT molecular complexity index is 1440. The van der Waals surface area contributed by atoms with Crippen molar-refractivity contribution in [2.75, 3.05) is 0 Å². The molecule has 6 nitrogen and oxygen atoms in total. The van der Waals surface area contributed by atoms with Crippen LogP contribution in [-0.2, 0) is 20.1 Å². The molecular formula is C30H27N3O3. The number of carbonyl (C=O) groups excluding carboxylic acids is 1. The normalized spacial score (nSPS) is 10.8. The third-order valence-corrected chi connectivity index (χ3v) is 5.92. The number of aromatic nitrogens is 2. The van der Waals surface area contributed by atoms with Gasteiger partial charge in [-0.2, -0.15) is 5.10 Å². The largest absolute Gasteiger partial charge is 0.467 e. The van der Waals surface area contributed by atoms with Crippen molar-refractivity contribution in [3.63, 3.8) is 0 Å². The molecule has 0 aliphatic rings. The molecule has 0 fully saturated rings. The summed E-state index contributed by atoms with van der Waals surface area (Å²) in [6, 6.07) is 30.8. The van der Waals surface area contributed by atoms with E-state index in [1.807, 2.05) is 111 Å². The molecular weight excluding hydrogens is 450 g/mol. The van der Waals surface area contributed by atoms with Crippen LogP contribution < -0.4 is 4.74 Å². The Morgan fingerprint density at radius 3 is 2.36 bits per heavy atom. The second-order valence-corrected chi connectivity index (χ2v) is 8.65. The Labute approximate surface area is 210 Å². The minimum Gasteiger partial charge on any atom is -0.467 e. The molecule has 0 saturated heterocycles. The van der Waals surface area contributed by atoms with E-state index in [0.29, 0.717) is 29.5 Å². The monoisotopic (exact) mass is 477 g/mol. The van der Waals surface area contributed by atoms with Crippen molar-refractivity contribution >= 4 is 5.91 Å². The first-order valence-corrected chi connectivity index (χ1v) is 11.8. The maximum absolute atomic E-state index is 13.7. The summed E-state index contributed by atoms with van der Waals surface area (Å²) < 4.78 is 13.7. The molecule has 3 aromatic carbocycles. The van der Waals surface area contributed by atoms with Gasteiger partial charge in [0.1, 0.15) is 17.2 Å². The van der Waals surface area contributed by atoms with Crippen LogP contribution in [0.15, 0.2) is 108 Å². The highest BCUT2D eigenvalue weighted by Crippen LogP contribution is 2.35. The summed E-state index contributed by atoms with van der Waals surface area (Å²) in [5, 5.41) is 4.81. The average molecular weight is 478 g/mol. The van der Waals surface area contributed by atoms with E-state index in [4.69, 9.17) is 14.3 Å². The van der Waals surface area contributed by atoms with Crippen molar-refractivity contribution in [2.45, 2.75) is 20.0 Å². The van der Waals surface area contributed by atoms with Crippen LogP contribution in [-0.4, -0.2) is 20.6 Å². The molecule has 2 heterocycles. The van der Waals surface area contributed by atoms with Crippen LogP contribution in [0.5, 0.6) is 11.6 Å². The van der Waals surface area contributed by atoms with E-state index in [0.717, 1.165) is 22.4 Å². The molecule has 1 amide bonds. The van der Waals surface area contributed by atoms with Gasteiger partial charge in [-0.1, -0.05) is 60.7 Å². The van der Waals surface area contributed by atoms with Gasteiger partial charge in [0.2, 0.25) is 5.88 Å². The molecule has 0 N–H and O–H groups in total. The number of amides is 1. The van der Waals surface area contributed by atoms with Gasteiger partial charge in [0.05, 0.1) is 24.9 Å². The Balaban J connectivity index is 1.59. The molecule has 0 spiro atoms. The molecule has 5 aromatic rings. The summed E-state index contributed by atoms with van der Waals surface area (Å²) in [6.07, 6.45) is 1.62. The van der Waals surface area contributed by atoms with Crippen LogP contribution in [0.4, 0.5) is 0 Å². The van der Waals surface area contributed by atoms with E-state index < -0.39 is 0 Å². The molecule has 0 radical (unpaired) electrons. The molecule has 6 heteroatoms. The van der Waals surface area contributed by atoms with Gasteiger partial charge >= 0.3 is 0 Å². The number of nitrogens with zero attached hydrogens (tertiary/aromatic N) is 3. The maximum Gasteiger partial charge on any atom is 0.254 e. The molecule has 2 aromatic heterocycles. The summed E-state index contributed by atoms with van der Waals surface area (Å²) >= 11 is 0. The lowest BCUT2D eigenvalue weighted by Crippen LogP contribution is -2.30. The lowest BCUT2D eigenvalue weighted by Gasteiger charge is -2.23. The molecule has 180 valence electrons. The predicted molar refractivity (Wildman–Crippen MR) is 139 cm³/mol. The minimum atomic E-state index is -0.101. The SMILES string of the molecule is Cc1cccc(Oc2c(CN(Cc3ccco3)C(=O)c3ccccc3)c(-c3ccccc3)nn2C)c1. The highest BCUT2D eigenvalue weighted by atomic mass is 16.5. The number of hydrogen-bond acceptors (Lipinski definition) is 4. The number of furan rings is 1. The highest BCUT2D eigenvalue weighted by molar-refractivity contribution is 5.94. The van der Waals surface area contributed by atoms with Gasteiger partial charge < -0.3 is 14.1 Å². The average Bonchev–Trinajstić information content (AvgIpc) is 3.53. The Hall–Kier alpha value is -4.58. The first kappa shape index (κ1) is 23.2. The van der Waals surface area contributed by atoms with Crippen LogP contribution in [0.2, 0.25) is 0 Å². The fourth-order valence-electron chi connectivity index (χ4n) is 4.19. The number of ether oxygens (including phenoxy) is 1. The second kappa shape index (κ2) is 10.4. The van der Waals surface area contributed by atoms with Crippen molar-refractivity contribution < 1.29 is 13.9 Å². The fourth-order valence-corrected chi connectivity index (χ4v) is 4.19. The van der Waals surface area contributed by atoms with Crippen LogP contribution in [0, 0.1) is 6.92 Å². The zero-order valence-corrected chi connectivity index (χ0v) is 20.3. The predicted octanol–water partition coefficient (Wildman–Crippen LogP) is 6.62. The third kappa shape index (κ3) is 5.08. The van der Waals surface area contributed by atoms with Gasteiger partial charge in [-0.3, -0.25) is 4.79 Å². The number of hydrogen-bond donors (Lipinski definition) is 0. The zero-order valence-electron chi connectivity index (χ0n) is 20.3. The third-order valence-electron chi connectivity index (χ3n) is 5.92. The number of benzene rings is 3. The van der Waals surface area contributed by atoms with E-state index in [1.54, 1.807) is 15.8 Å². The van der Waals surface area contributed by atoms with Gasteiger partial charge in [-0.25, -0.2) is 4.68 Å². The lowest BCUT2D eigenvalue weighted by atomic mass is 10.1. The molecule has 0 aliphatic carbocycles. The lowest BCUT2D eigenvalue weighted by molar-refractivity contribution is 0.0717. The van der Waals surface area contributed by atoms with Gasteiger partial charge in [0.25, 0.3) is 5.91 Å². The standard InChI is InChI=1S/C30H27N3O3/c1-22-11-9-16-25(19-22)36-30-27(28(31-32(30)2)23-12-5-3-6-13-23)21-33(20-26-17-10-18-35-26)29(34)24-14-7-4-8-15-24/h3-19H,20-21H2,1-2H3. The summed E-state index contributed by atoms with van der Waals surface area (Å²) in [6.45, 7) is 2.62. The highest BCUT2D eigenvalue weighted by Gasteiger charge is 2.26. The van der Waals surface area contributed by atoms with Gasteiger partial charge in [0.15, 0.2) is 0 Å². The summed E-state index contributed by atoms with van der Waals surface area (Å²) in [4.78, 5) is 15.4. The zero-order chi connectivity index (χ0) is 24.9. The van der Waals surface area contributed by atoms with E-state index >= 15 is 0 Å². The van der Waals surface area contributed by atoms with Crippen molar-refractivity contribution in [3.05, 3.63) is 126 Å². The first-order valence-electron chi connectivity index (χ1n) is 11.8. The molecule has 0 bridgehead atoms. The Kier molecular flexibility index (Phi) is 6.67. The van der Waals surface area contributed by atoms with E-state index in [9.17, 15) is 4.79 Å². The van der Waals surface area contributed by atoms with Crippen molar-refractivity contribution in [3.8, 4) is 22.9 Å². The van der Waals surface area contributed by atoms with Crippen molar-refractivity contribution in [2.24, 2.45) is 7.05 Å². The molecule has 0 saturated carbocycles. The maximum atomic E-state index is 13.7. The van der Waals surface area contributed by atoms with Crippen LogP contribution in [0.3, 0.4) is 0 Å². The molecule has 36 heavy (non-hydrogen) atoms. The van der Waals surface area contributed by atoms with Crippen LogP contribution in [0.25, 0.3) is 11.3 Å². The Morgan fingerprint density at radius 1 is 0.917 bits per heavy atom. The minimum absolute atomic E-state index is 0.101. The van der Waals surface area contributed by atoms with E-state index in [2.05, 4.69) is 0 Å². The Morgan fingerprint density at radius 2 is 1.67 bits per heavy atom. The van der Waals surface area contributed by atoms with Crippen molar-refractivity contribution in [1.82, 2.24) is 14.7 Å². The quantitative estimate of drug-likeness (QED) is 0.252. The second-order valence-electron chi connectivity index (χ2n) is 8.65. The van der Waals surface area contributed by atoms with Gasteiger partial charge in [-0.05, 0) is 48.9 Å². The van der Waals surface area contributed by atoms with E-state index in [-0.39, 0.29) is 12.5 Å². The topological polar surface area (TPSA) is 60.5 Å². The molecule has 0 atom stereocenters. The molecule has 0 aliphatic heterocycles. The summed E-state index contributed by atoms with van der Waals surface area (Å²) in [5.41, 5.74) is 4.24. The van der Waals surface area contributed by atoms with Crippen LogP contribution >= 0.6 is 0 Å². The van der Waals surface area contributed by atoms with Gasteiger partial charge in [-0.15, -0.1) is 0 Å². The molecule has 0 unspecified atom stereocenters. The summed E-state index contributed by atoms with van der Waals surface area (Å²) in [5.74, 6) is 1.90. The number of carbonyl (C=O) groups is 1. The van der Waals surface area contributed by atoms with Crippen LogP contribution in [0.1, 0.15) is 27.2 Å². The molecule has 5 rings (SSSR count). The fraction of sp³-hybridized carbons (Fsp3) is 0.133. The van der Waals surface area contributed by atoms with E-state index in [1.165, 1.54) is 0 Å². The van der Waals surface area contributed by atoms with Crippen molar-refractivity contribution in [1.29, 1.82) is 0 Å². The summed E-state index contributed by atoms with van der Waals surface area (Å²) in [7, 11) is 1.86. The smallest absolute Gasteiger partial charge is 0.254 e. The number of rotatable bonds is 8. The first-order chi connectivity index (χ1) is 17.6. The number of aryl methyl sites for hydroxylation is 2. The van der Waals surface area contributed by atoms with Gasteiger partial charge in [0, 0.05) is 18.2 Å².